The highest BCUT2D eigenvalue weighted by molar-refractivity contribution is 6.03. The summed E-state index contributed by atoms with van der Waals surface area (Å²) in [7, 11) is 0. The monoisotopic (exact) mass is 380 g/mol. The van der Waals surface area contributed by atoms with Crippen LogP contribution < -0.4 is 10.6 Å². The molecule has 1 aromatic heterocycles. The number of nitro benzene ring substituents is 1. The summed E-state index contributed by atoms with van der Waals surface area (Å²) in [6.45, 7) is 3.05. The van der Waals surface area contributed by atoms with Gasteiger partial charge in [-0.15, -0.1) is 5.10 Å². The van der Waals surface area contributed by atoms with Gasteiger partial charge in [0.15, 0.2) is 5.69 Å². The van der Waals surface area contributed by atoms with Crippen LogP contribution in [0.2, 0.25) is 0 Å². The van der Waals surface area contributed by atoms with Crippen LogP contribution in [0.25, 0.3) is 5.69 Å². The molecule has 2 N–H and O–H groups in total. The van der Waals surface area contributed by atoms with Gasteiger partial charge >= 0.3 is 0 Å². The third-order valence-electron chi connectivity index (χ3n) is 3.86. The lowest BCUT2D eigenvalue weighted by atomic mass is 10.2. The largest absolute Gasteiger partial charge is 0.326 e. The topological polar surface area (TPSA) is 132 Å². The van der Waals surface area contributed by atoms with E-state index in [1.807, 2.05) is 0 Å². The molecular formula is C18H16N6O4. The minimum atomic E-state index is -0.506. The summed E-state index contributed by atoms with van der Waals surface area (Å²) >= 11 is 0. The Kier molecular flexibility index (Phi) is 5.12. The van der Waals surface area contributed by atoms with Crippen molar-refractivity contribution in [3.8, 4) is 5.69 Å². The molecule has 0 fully saturated rings. The van der Waals surface area contributed by atoms with Crippen molar-refractivity contribution in [2.75, 3.05) is 10.6 Å². The van der Waals surface area contributed by atoms with Crippen molar-refractivity contribution in [2.45, 2.75) is 13.8 Å². The van der Waals surface area contributed by atoms with Gasteiger partial charge in [-0.1, -0.05) is 11.3 Å². The van der Waals surface area contributed by atoms with Crippen molar-refractivity contribution < 1.29 is 14.5 Å². The van der Waals surface area contributed by atoms with Crippen molar-refractivity contribution >= 4 is 28.9 Å². The number of benzene rings is 2. The van der Waals surface area contributed by atoms with E-state index in [4.69, 9.17) is 0 Å². The molecule has 0 aliphatic rings. The molecule has 28 heavy (non-hydrogen) atoms. The van der Waals surface area contributed by atoms with E-state index in [0.29, 0.717) is 22.8 Å². The highest BCUT2D eigenvalue weighted by atomic mass is 16.6. The second kappa shape index (κ2) is 7.66. The highest BCUT2D eigenvalue weighted by Crippen LogP contribution is 2.19. The second-order valence-electron chi connectivity index (χ2n) is 5.92. The molecule has 0 atom stereocenters. The van der Waals surface area contributed by atoms with E-state index in [1.165, 1.54) is 29.8 Å². The third-order valence-corrected chi connectivity index (χ3v) is 3.86. The van der Waals surface area contributed by atoms with Crippen LogP contribution in [-0.4, -0.2) is 31.7 Å². The molecule has 0 saturated heterocycles. The molecular weight excluding hydrogens is 364 g/mol. The molecule has 2 aromatic carbocycles. The predicted octanol–water partition coefficient (Wildman–Crippen LogP) is 2.69. The maximum Gasteiger partial charge on any atom is 0.278 e. The standard InChI is InChI=1S/C18H16N6O4/c1-11-17(18(26)20-14-8-6-13(7-9-14)19-12(2)25)21-22-23(11)15-4-3-5-16(10-15)24(27)28/h3-10H,1-2H3,(H,19,25)(H,20,26). The minimum Gasteiger partial charge on any atom is -0.326 e. The van der Waals surface area contributed by atoms with Crippen LogP contribution in [0.1, 0.15) is 23.1 Å². The lowest BCUT2D eigenvalue weighted by Crippen LogP contribution is -2.14. The van der Waals surface area contributed by atoms with Gasteiger partial charge in [-0.05, 0) is 37.3 Å². The van der Waals surface area contributed by atoms with Crippen LogP contribution in [-0.2, 0) is 4.79 Å². The van der Waals surface area contributed by atoms with Gasteiger partial charge in [-0.25, -0.2) is 4.68 Å². The number of amides is 2. The first kappa shape index (κ1) is 18.7. The first-order valence-corrected chi connectivity index (χ1v) is 8.21. The Morgan fingerprint density at radius 2 is 1.71 bits per heavy atom. The molecule has 1 heterocycles. The van der Waals surface area contributed by atoms with Gasteiger partial charge in [0.2, 0.25) is 5.91 Å². The van der Waals surface area contributed by atoms with Gasteiger partial charge in [0.05, 0.1) is 16.3 Å². The number of nitrogens with one attached hydrogen (secondary N) is 2. The lowest BCUT2D eigenvalue weighted by Gasteiger charge is -2.06. The van der Waals surface area contributed by atoms with Gasteiger partial charge in [-0.2, -0.15) is 0 Å². The van der Waals surface area contributed by atoms with Crippen LogP contribution in [0.3, 0.4) is 0 Å². The van der Waals surface area contributed by atoms with Crippen LogP contribution in [0, 0.1) is 17.0 Å². The van der Waals surface area contributed by atoms with E-state index >= 15 is 0 Å². The zero-order chi connectivity index (χ0) is 20.3. The Morgan fingerprint density at radius 3 is 2.32 bits per heavy atom. The smallest absolute Gasteiger partial charge is 0.278 e. The molecule has 0 aliphatic carbocycles. The summed E-state index contributed by atoms with van der Waals surface area (Å²) < 4.78 is 1.36. The number of nitro groups is 1. The molecule has 10 heteroatoms. The van der Waals surface area contributed by atoms with Crippen molar-refractivity contribution in [1.82, 2.24) is 15.0 Å². The summed E-state index contributed by atoms with van der Waals surface area (Å²) in [6.07, 6.45) is 0. The number of carbonyl (C=O) groups is 2. The summed E-state index contributed by atoms with van der Waals surface area (Å²) in [5.41, 5.74) is 2.00. The maximum absolute atomic E-state index is 12.5. The molecule has 10 nitrogen and oxygen atoms in total. The predicted molar refractivity (Wildman–Crippen MR) is 101 cm³/mol. The normalized spacial score (nSPS) is 10.4. The van der Waals surface area contributed by atoms with Crippen molar-refractivity contribution in [2.24, 2.45) is 0 Å². The number of hydrogen-bond acceptors (Lipinski definition) is 6. The van der Waals surface area contributed by atoms with E-state index in [0.717, 1.165) is 0 Å². The molecule has 0 saturated carbocycles. The summed E-state index contributed by atoms with van der Waals surface area (Å²) in [5, 5.41) is 24.1. The van der Waals surface area contributed by atoms with Crippen LogP contribution in [0.4, 0.5) is 17.1 Å². The van der Waals surface area contributed by atoms with Crippen molar-refractivity contribution in [3.63, 3.8) is 0 Å². The van der Waals surface area contributed by atoms with E-state index in [1.54, 1.807) is 37.3 Å². The molecule has 142 valence electrons. The molecule has 0 aliphatic heterocycles. The average molecular weight is 380 g/mol. The van der Waals surface area contributed by atoms with Gasteiger partial charge in [0.25, 0.3) is 11.6 Å². The fourth-order valence-corrected chi connectivity index (χ4v) is 2.55. The molecule has 0 bridgehead atoms. The molecule has 3 aromatic rings. The Balaban J connectivity index is 1.79. The number of non-ortho nitro benzene ring substituents is 1. The van der Waals surface area contributed by atoms with Gasteiger partial charge in [0.1, 0.15) is 0 Å². The number of aromatic nitrogens is 3. The van der Waals surface area contributed by atoms with Gasteiger partial charge in [-0.3, -0.25) is 19.7 Å². The zero-order valence-electron chi connectivity index (χ0n) is 15.0. The lowest BCUT2D eigenvalue weighted by molar-refractivity contribution is -0.384. The van der Waals surface area contributed by atoms with Crippen LogP contribution in [0.5, 0.6) is 0 Å². The Bertz CT molecular complexity index is 1060. The minimum absolute atomic E-state index is 0.0855. The Labute approximate surface area is 159 Å². The molecule has 0 spiro atoms. The van der Waals surface area contributed by atoms with Gasteiger partial charge in [0, 0.05) is 30.4 Å². The summed E-state index contributed by atoms with van der Waals surface area (Å²) in [4.78, 5) is 34.0. The quantitative estimate of drug-likeness (QED) is 0.517. The molecule has 2 amide bonds. The van der Waals surface area contributed by atoms with Crippen molar-refractivity contribution in [3.05, 3.63) is 70.0 Å². The van der Waals surface area contributed by atoms with E-state index < -0.39 is 10.8 Å². The van der Waals surface area contributed by atoms with Crippen LogP contribution >= 0.6 is 0 Å². The number of nitrogens with zero attached hydrogens (tertiary/aromatic N) is 4. The number of rotatable bonds is 5. The third kappa shape index (κ3) is 4.01. The summed E-state index contributed by atoms with van der Waals surface area (Å²) in [6, 6.07) is 12.5. The Morgan fingerprint density at radius 1 is 1.07 bits per heavy atom. The number of hydrogen-bond donors (Lipinski definition) is 2. The Hall–Kier alpha value is -4.08. The number of carbonyl (C=O) groups excluding carboxylic acids is 2. The van der Waals surface area contributed by atoms with Crippen LogP contribution in [0.15, 0.2) is 48.5 Å². The van der Waals surface area contributed by atoms with E-state index in [2.05, 4.69) is 20.9 Å². The molecule has 0 unspecified atom stereocenters. The van der Waals surface area contributed by atoms with E-state index in [-0.39, 0.29) is 17.3 Å². The fourth-order valence-electron chi connectivity index (χ4n) is 2.55. The molecule has 3 rings (SSSR count). The first-order valence-electron chi connectivity index (χ1n) is 8.21. The first-order chi connectivity index (χ1) is 13.3. The highest BCUT2D eigenvalue weighted by Gasteiger charge is 2.18. The van der Waals surface area contributed by atoms with Gasteiger partial charge < -0.3 is 10.6 Å². The van der Waals surface area contributed by atoms with E-state index in [9.17, 15) is 19.7 Å². The number of anilines is 2. The maximum atomic E-state index is 12.5. The second-order valence-corrected chi connectivity index (χ2v) is 5.92. The fraction of sp³-hybridized carbons (Fsp3) is 0.111. The SMILES string of the molecule is CC(=O)Nc1ccc(NC(=O)c2nnn(-c3cccc([N+](=O)[O-])c3)c2C)cc1. The average Bonchev–Trinajstić information content (AvgIpc) is 3.04. The zero-order valence-corrected chi connectivity index (χ0v) is 15.0. The van der Waals surface area contributed by atoms with Crippen molar-refractivity contribution in [1.29, 1.82) is 0 Å². The molecule has 0 radical (unpaired) electrons. The summed E-state index contributed by atoms with van der Waals surface area (Å²) in [5.74, 6) is -0.661.